The van der Waals surface area contributed by atoms with Crippen LogP contribution in [0.2, 0.25) is 0 Å². The van der Waals surface area contributed by atoms with Crippen LogP contribution in [0.3, 0.4) is 0 Å². The first-order valence-electron chi connectivity index (χ1n) is 5.63. The Hall–Kier alpha value is -0.130. The molecule has 0 amide bonds. The van der Waals surface area contributed by atoms with E-state index in [1.807, 2.05) is 0 Å². The van der Waals surface area contributed by atoms with E-state index in [0.717, 1.165) is 18.9 Å². The van der Waals surface area contributed by atoms with E-state index in [1.165, 1.54) is 30.8 Å². The van der Waals surface area contributed by atoms with E-state index in [1.54, 1.807) is 0 Å². The third-order valence-electron chi connectivity index (χ3n) is 2.84. The van der Waals surface area contributed by atoms with Crippen molar-refractivity contribution in [1.29, 1.82) is 0 Å². The average Bonchev–Trinajstić information content (AvgIpc) is 2.70. The molecule has 1 rings (SSSR count). The second-order valence-corrected chi connectivity index (χ2v) is 5.03. The van der Waals surface area contributed by atoms with Crippen molar-refractivity contribution in [1.82, 2.24) is 5.32 Å². The van der Waals surface area contributed by atoms with Crippen LogP contribution < -0.4 is 5.32 Å². The average molecular weight is 211 g/mol. The van der Waals surface area contributed by atoms with Crippen molar-refractivity contribution in [3.05, 3.63) is 0 Å². The minimum atomic E-state index is 0.711. The molecule has 1 aliphatic rings. The summed E-state index contributed by atoms with van der Waals surface area (Å²) in [5, 5.41) is 3.60. The van der Waals surface area contributed by atoms with Crippen LogP contribution in [0.4, 0.5) is 0 Å². The highest BCUT2D eigenvalue weighted by molar-refractivity contribution is 7.99. The lowest BCUT2D eigenvalue weighted by molar-refractivity contribution is 0.363. The molecule has 80 valence electrons. The Morgan fingerprint density at radius 3 is 3.07 bits per heavy atom. The number of hydrogen-bond donors (Lipinski definition) is 1. The molecule has 2 unspecified atom stereocenters. The SMILES string of the molecule is C#CCCCC(NCC)C1CCSC1. The summed E-state index contributed by atoms with van der Waals surface area (Å²) >= 11 is 2.10. The van der Waals surface area contributed by atoms with Gasteiger partial charge in [0.25, 0.3) is 0 Å². The predicted octanol–water partition coefficient (Wildman–Crippen LogP) is 2.52. The molecule has 1 N–H and O–H groups in total. The lowest BCUT2D eigenvalue weighted by atomic mass is 9.94. The molecular formula is C12H21NS. The first-order valence-corrected chi connectivity index (χ1v) is 6.78. The molecule has 0 aromatic heterocycles. The predicted molar refractivity (Wildman–Crippen MR) is 65.6 cm³/mol. The Labute approximate surface area is 92.4 Å². The van der Waals surface area contributed by atoms with Gasteiger partial charge in [-0.25, -0.2) is 0 Å². The maximum Gasteiger partial charge on any atom is 0.0104 e. The van der Waals surface area contributed by atoms with Crippen LogP contribution in [-0.2, 0) is 0 Å². The van der Waals surface area contributed by atoms with Gasteiger partial charge in [-0.3, -0.25) is 0 Å². The van der Waals surface area contributed by atoms with Gasteiger partial charge >= 0.3 is 0 Å². The van der Waals surface area contributed by atoms with Gasteiger partial charge in [0.1, 0.15) is 0 Å². The zero-order chi connectivity index (χ0) is 10.2. The largest absolute Gasteiger partial charge is 0.314 e. The normalized spacial score (nSPS) is 23.3. The zero-order valence-electron chi connectivity index (χ0n) is 9.09. The summed E-state index contributed by atoms with van der Waals surface area (Å²) in [6.07, 6.45) is 10.0. The zero-order valence-corrected chi connectivity index (χ0v) is 9.91. The summed E-state index contributed by atoms with van der Waals surface area (Å²) in [6, 6.07) is 0.711. The standard InChI is InChI=1S/C12H21NS/c1-3-5-6-7-12(13-4-2)11-8-9-14-10-11/h1,11-13H,4-10H2,2H3. The van der Waals surface area contributed by atoms with E-state index >= 15 is 0 Å². The van der Waals surface area contributed by atoms with Gasteiger partial charge in [-0.15, -0.1) is 12.3 Å². The van der Waals surface area contributed by atoms with Gasteiger partial charge in [-0.2, -0.15) is 11.8 Å². The Kier molecular flexibility index (Phi) is 6.14. The fourth-order valence-electron chi connectivity index (χ4n) is 2.06. The van der Waals surface area contributed by atoms with E-state index < -0.39 is 0 Å². The molecule has 0 aliphatic carbocycles. The third-order valence-corrected chi connectivity index (χ3v) is 4.02. The van der Waals surface area contributed by atoms with Crippen molar-refractivity contribution in [2.24, 2.45) is 5.92 Å². The summed E-state index contributed by atoms with van der Waals surface area (Å²) in [4.78, 5) is 0. The highest BCUT2D eigenvalue weighted by Crippen LogP contribution is 2.28. The van der Waals surface area contributed by atoms with Crippen LogP contribution in [-0.4, -0.2) is 24.1 Å². The van der Waals surface area contributed by atoms with E-state index in [2.05, 4.69) is 29.9 Å². The Morgan fingerprint density at radius 2 is 2.50 bits per heavy atom. The quantitative estimate of drug-likeness (QED) is 0.535. The third kappa shape index (κ3) is 3.94. The second kappa shape index (κ2) is 7.20. The molecule has 2 atom stereocenters. The fourth-order valence-corrected chi connectivity index (χ4v) is 3.40. The van der Waals surface area contributed by atoms with Crippen molar-refractivity contribution in [3.8, 4) is 12.3 Å². The highest BCUT2D eigenvalue weighted by Gasteiger charge is 2.23. The van der Waals surface area contributed by atoms with Gasteiger partial charge in [0.15, 0.2) is 0 Å². The molecular weight excluding hydrogens is 190 g/mol. The lowest BCUT2D eigenvalue weighted by Gasteiger charge is -2.23. The number of unbranched alkanes of at least 4 members (excludes halogenated alkanes) is 1. The van der Waals surface area contributed by atoms with Crippen LogP contribution >= 0.6 is 11.8 Å². The molecule has 1 saturated heterocycles. The molecule has 0 saturated carbocycles. The summed E-state index contributed by atoms with van der Waals surface area (Å²) in [5.41, 5.74) is 0. The molecule has 0 spiro atoms. The molecule has 0 aromatic rings. The summed E-state index contributed by atoms with van der Waals surface area (Å²) in [6.45, 7) is 3.28. The first kappa shape index (κ1) is 11.9. The van der Waals surface area contributed by atoms with Crippen LogP contribution in [0.15, 0.2) is 0 Å². The summed E-state index contributed by atoms with van der Waals surface area (Å²) in [5.74, 6) is 6.30. The molecule has 1 nitrogen and oxygen atoms in total. The molecule has 14 heavy (non-hydrogen) atoms. The molecule has 0 bridgehead atoms. The topological polar surface area (TPSA) is 12.0 Å². The van der Waals surface area contributed by atoms with Gasteiger partial charge in [0.05, 0.1) is 0 Å². The first-order chi connectivity index (χ1) is 6.88. The van der Waals surface area contributed by atoms with Gasteiger partial charge < -0.3 is 5.32 Å². The van der Waals surface area contributed by atoms with Crippen molar-refractivity contribution < 1.29 is 0 Å². The molecule has 1 aliphatic heterocycles. The molecule has 1 heterocycles. The van der Waals surface area contributed by atoms with E-state index in [0.29, 0.717) is 6.04 Å². The van der Waals surface area contributed by atoms with Crippen LogP contribution in [0.25, 0.3) is 0 Å². The van der Waals surface area contributed by atoms with Crippen molar-refractivity contribution in [3.63, 3.8) is 0 Å². The Bertz CT molecular complexity index is 179. The van der Waals surface area contributed by atoms with Gasteiger partial charge in [0.2, 0.25) is 0 Å². The van der Waals surface area contributed by atoms with Gasteiger partial charge in [-0.1, -0.05) is 6.92 Å². The maximum atomic E-state index is 5.27. The number of nitrogens with one attached hydrogen (secondary N) is 1. The summed E-state index contributed by atoms with van der Waals surface area (Å²) in [7, 11) is 0. The van der Waals surface area contributed by atoms with Crippen molar-refractivity contribution >= 4 is 11.8 Å². The van der Waals surface area contributed by atoms with Crippen LogP contribution in [0.1, 0.15) is 32.6 Å². The van der Waals surface area contributed by atoms with E-state index in [-0.39, 0.29) is 0 Å². The number of rotatable bonds is 6. The van der Waals surface area contributed by atoms with Gasteiger partial charge in [-0.05, 0) is 43.2 Å². The molecule has 2 heteroatoms. The lowest BCUT2D eigenvalue weighted by Crippen LogP contribution is -2.36. The van der Waals surface area contributed by atoms with Crippen molar-refractivity contribution in [2.45, 2.75) is 38.6 Å². The Balaban J connectivity index is 2.26. The number of terminal acetylenes is 1. The second-order valence-electron chi connectivity index (χ2n) is 3.88. The van der Waals surface area contributed by atoms with Gasteiger partial charge in [0, 0.05) is 12.5 Å². The van der Waals surface area contributed by atoms with E-state index in [4.69, 9.17) is 6.42 Å². The van der Waals surface area contributed by atoms with Crippen LogP contribution in [0.5, 0.6) is 0 Å². The molecule has 0 radical (unpaired) electrons. The monoisotopic (exact) mass is 211 g/mol. The van der Waals surface area contributed by atoms with E-state index in [9.17, 15) is 0 Å². The molecule has 0 aromatic carbocycles. The molecule has 1 fully saturated rings. The summed E-state index contributed by atoms with van der Waals surface area (Å²) < 4.78 is 0. The maximum absolute atomic E-state index is 5.27. The fraction of sp³-hybridized carbons (Fsp3) is 0.833. The number of hydrogen-bond acceptors (Lipinski definition) is 2. The smallest absolute Gasteiger partial charge is 0.0104 e. The van der Waals surface area contributed by atoms with Crippen molar-refractivity contribution in [2.75, 3.05) is 18.1 Å². The minimum absolute atomic E-state index is 0.711. The van der Waals surface area contributed by atoms with Crippen LogP contribution in [0, 0.1) is 18.3 Å². The Morgan fingerprint density at radius 1 is 1.64 bits per heavy atom. The highest BCUT2D eigenvalue weighted by atomic mass is 32.2. The minimum Gasteiger partial charge on any atom is -0.314 e. The number of thioether (sulfide) groups is 1.